The Bertz CT molecular complexity index is 1330. The molecule has 3 aromatic rings. The molecular formula is C20H14BrN2NaO5S. The molecule has 7 nitrogen and oxygen atoms in total. The molecule has 148 valence electrons. The summed E-state index contributed by atoms with van der Waals surface area (Å²) in [6, 6.07) is 14.2. The summed E-state index contributed by atoms with van der Waals surface area (Å²) in [7, 11) is -4.75. The van der Waals surface area contributed by atoms with E-state index in [-0.39, 0.29) is 58.9 Å². The van der Waals surface area contributed by atoms with Crippen molar-refractivity contribution in [3.63, 3.8) is 0 Å². The van der Waals surface area contributed by atoms with Crippen LogP contribution in [-0.2, 0) is 10.1 Å². The fourth-order valence-electron chi connectivity index (χ4n) is 3.33. The number of hydrogen-bond acceptors (Lipinski definition) is 6. The Hall–Kier alpha value is -2.01. The van der Waals surface area contributed by atoms with Crippen LogP contribution >= 0.6 is 15.9 Å². The topological polar surface area (TPSA) is 127 Å². The van der Waals surface area contributed by atoms with E-state index in [4.69, 9.17) is 5.73 Å². The second kappa shape index (κ2) is 8.26. The first-order chi connectivity index (χ1) is 13.7. The molecule has 0 amide bonds. The van der Waals surface area contributed by atoms with E-state index >= 15 is 0 Å². The van der Waals surface area contributed by atoms with Gasteiger partial charge < -0.3 is 12.5 Å². The predicted molar refractivity (Wildman–Crippen MR) is 113 cm³/mol. The van der Waals surface area contributed by atoms with Crippen molar-refractivity contribution in [2.75, 3.05) is 11.1 Å². The van der Waals surface area contributed by atoms with E-state index in [0.29, 0.717) is 5.69 Å². The van der Waals surface area contributed by atoms with Gasteiger partial charge in [0.25, 0.3) is 10.1 Å². The molecule has 0 saturated heterocycles. The number of anilines is 3. The Morgan fingerprint density at radius 3 is 2.10 bits per heavy atom. The van der Waals surface area contributed by atoms with Crippen LogP contribution in [-0.4, -0.2) is 24.5 Å². The largest absolute Gasteiger partial charge is 1.00 e. The minimum atomic E-state index is -4.75. The van der Waals surface area contributed by atoms with Gasteiger partial charge in [0, 0.05) is 21.3 Å². The summed E-state index contributed by atoms with van der Waals surface area (Å²) in [5.74, 6) is -1.06. The zero-order valence-corrected chi connectivity index (χ0v) is 20.0. The van der Waals surface area contributed by atoms with Crippen molar-refractivity contribution in [2.45, 2.75) is 4.90 Å². The third kappa shape index (κ3) is 3.84. The Morgan fingerprint density at radius 2 is 1.53 bits per heavy atom. The van der Waals surface area contributed by atoms with Crippen molar-refractivity contribution in [3.8, 4) is 0 Å². The molecule has 0 atom stereocenters. The zero-order valence-electron chi connectivity index (χ0n) is 16.6. The van der Waals surface area contributed by atoms with E-state index < -0.39 is 32.3 Å². The molecule has 3 aromatic carbocycles. The monoisotopic (exact) mass is 496 g/mol. The molecule has 0 spiro atoms. The van der Waals surface area contributed by atoms with Crippen LogP contribution in [0.15, 0.2) is 64.0 Å². The standard InChI is InChI=1S/C20H13BrN2O5S.Na.H/c21-10-4-3-5-11(8-10)23-14-9-15(29(26,27)28)18(22)17-16(14)19(24)12-6-1-2-7-13(12)20(17)25;;/h1-9,23H,22H2,(H,26,27,28);;/q;+1;-1. The van der Waals surface area contributed by atoms with Crippen molar-refractivity contribution < 1.29 is 53.5 Å². The molecule has 4 N–H and O–H groups in total. The van der Waals surface area contributed by atoms with Gasteiger partial charge in [0.05, 0.1) is 22.5 Å². The number of fused-ring (bicyclic) bond motifs is 2. The van der Waals surface area contributed by atoms with Gasteiger partial charge in [-0.15, -0.1) is 0 Å². The van der Waals surface area contributed by atoms with E-state index in [0.717, 1.165) is 10.5 Å². The van der Waals surface area contributed by atoms with E-state index in [9.17, 15) is 22.6 Å². The van der Waals surface area contributed by atoms with Gasteiger partial charge in [-0.3, -0.25) is 14.1 Å². The number of carbonyl (C=O) groups excluding carboxylic acids is 2. The van der Waals surface area contributed by atoms with Gasteiger partial charge in [0.1, 0.15) is 4.90 Å². The first-order valence-electron chi connectivity index (χ1n) is 8.33. The van der Waals surface area contributed by atoms with E-state index in [2.05, 4.69) is 21.2 Å². The molecule has 0 radical (unpaired) electrons. The normalized spacial score (nSPS) is 12.6. The molecule has 0 fully saturated rings. The summed E-state index contributed by atoms with van der Waals surface area (Å²) in [5, 5.41) is 2.96. The summed E-state index contributed by atoms with van der Waals surface area (Å²) in [5.41, 5.74) is 6.09. The van der Waals surface area contributed by atoms with E-state index in [1.165, 1.54) is 12.1 Å². The van der Waals surface area contributed by atoms with Crippen LogP contribution in [0.5, 0.6) is 0 Å². The minimum absolute atomic E-state index is 0. The van der Waals surface area contributed by atoms with Gasteiger partial charge in [-0.2, -0.15) is 8.42 Å². The second-order valence-corrected chi connectivity index (χ2v) is 8.71. The first-order valence-corrected chi connectivity index (χ1v) is 10.6. The van der Waals surface area contributed by atoms with Crippen LogP contribution in [0.1, 0.15) is 33.3 Å². The molecule has 0 heterocycles. The third-order valence-electron chi connectivity index (χ3n) is 4.58. The number of ketones is 2. The second-order valence-electron chi connectivity index (χ2n) is 6.40. The van der Waals surface area contributed by atoms with Crippen LogP contribution in [0, 0.1) is 0 Å². The zero-order chi connectivity index (χ0) is 20.9. The summed E-state index contributed by atoms with van der Waals surface area (Å²) in [6.45, 7) is 0. The summed E-state index contributed by atoms with van der Waals surface area (Å²) in [6.07, 6.45) is 0. The first kappa shape index (κ1) is 22.7. The Labute approximate surface area is 204 Å². The van der Waals surface area contributed by atoms with E-state index in [1.54, 1.807) is 36.4 Å². The average Bonchev–Trinajstić information content (AvgIpc) is 2.66. The number of halogens is 1. The number of benzene rings is 3. The molecule has 1 aliphatic carbocycles. The van der Waals surface area contributed by atoms with Gasteiger partial charge in [-0.25, -0.2) is 0 Å². The number of rotatable bonds is 3. The molecule has 0 aliphatic heterocycles. The van der Waals surface area contributed by atoms with Crippen LogP contribution in [0.3, 0.4) is 0 Å². The molecule has 0 saturated carbocycles. The summed E-state index contributed by atoms with van der Waals surface area (Å²) < 4.78 is 34.1. The maximum atomic E-state index is 13.2. The predicted octanol–water partition coefficient (Wildman–Crippen LogP) is 0.913. The Morgan fingerprint density at radius 1 is 0.933 bits per heavy atom. The van der Waals surface area contributed by atoms with Crippen molar-refractivity contribution >= 4 is 54.7 Å². The molecule has 4 rings (SSSR count). The van der Waals surface area contributed by atoms with Gasteiger partial charge in [-0.05, 0) is 24.3 Å². The average molecular weight is 497 g/mol. The van der Waals surface area contributed by atoms with Gasteiger partial charge in [0.15, 0.2) is 11.6 Å². The van der Waals surface area contributed by atoms with E-state index in [1.807, 2.05) is 0 Å². The van der Waals surface area contributed by atoms with Gasteiger partial charge in [0.2, 0.25) is 0 Å². The molecule has 0 bridgehead atoms. The summed E-state index contributed by atoms with van der Waals surface area (Å²) in [4.78, 5) is 25.6. The number of nitrogens with two attached hydrogens (primary N) is 1. The number of carbonyl (C=O) groups is 2. The third-order valence-corrected chi connectivity index (χ3v) is 5.97. The molecule has 10 heteroatoms. The quantitative estimate of drug-likeness (QED) is 0.218. The molecule has 30 heavy (non-hydrogen) atoms. The fraction of sp³-hybridized carbons (Fsp3) is 0. The maximum Gasteiger partial charge on any atom is 1.00 e. The smallest absolute Gasteiger partial charge is 1.00 e. The number of hydrogen-bond donors (Lipinski definition) is 3. The molecule has 1 aliphatic rings. The molecule has 0 aromatic heterocycles. The molecule has 0 unspecified atom stereocenters. The van der Waals surface area contributed by atoms with Crippen LogP contribution in [0.2, 0.25) is 0 Å². The van der Waals surface area contributed by atoms with Crippen molar-refractivity contribution in [3.05, 3.63) is 81.3 Å². The fourth-order valence-corrected chi connectivity index (χ4v) is 4.37. The number of nitrogens with one attached hydrogen (secondary N) is 1. The van der Waals surface area contributed by atoms with Crippen LogP contribution in [0.4, 0.5) is 17.1 Å². The Kier molecular flexibility index (Phi) is 6.24. The minimum Gasteiger partial charge on any atom is -1.00 e. The maximum absolute atomic E-state index is 13.2. The Balaban J connectivity index is 0.00000171. The van der Waals surface area contributed by atoms with Crippen molar-refractivity contribution in [1.29, 1.82) is 0 Å². The van der Waals surface area contributed by atoms with Crippen molar-refractivity contribution in [1.82, 2.24) is 0 Å². The molecular weight excluding hydrogens is 483 g/mol. The number of nitrogen functional groups attached to an aromatic ring is 1. The van der Waals surface area contributed by atoms with Crippen LogP contribution in [0.25, 0.3) is 0 Å². The van der Waals surface area contributed by atoms with Gasteiger partial charge in [-0.1, -0.05) is 46.3 Å². The van der Waals surface area contributed by atoms with Crippen molar-refractivity contribution in [2.24, 2.45) is 0 Å². The SMILES string of the molecule is Nc1c(S(=O)(=O)O)cc(Nc2cccc(Br)c2)c2c1C(=O)c1ccccc1C2=O.[H-].[Na+]. The summed E-state index contributed by atoms with van der Waals surface area (Å²) >= 11 is 3.33. The van der Waals surface area contributed by atoms with Gasteiger partial charge >= 0.3 is 29.6 Å². The van der Waals surface area contributed by atoms with Crippen LogP contribution < -0.4 is 40.6 Å².